The third kappa shape index (κ3) is 4.62. The molecule has 0 aromatic heterocycles. The number of rotatable bonds is 6. The Morgan fingerprint density at radius 3 is 2.52 bits per heavy atom. The summed E-state index contributed by atoms with van der Waals surface area (Å²) in [6, 6.07) is 6.27. The molecule has 1 aliphatic carbocycles. The van der Waals surface area contributed by atoms with Gasteiger partial charge in [-0.25, -0.2) is 0 Å². The fourth-order valence-corrected chi connectivity index (χ4v) is 3.10. The molecule has 3 heteroatoms. The van der Waals surface area contributed by atoms with Crippen molar-refractivity contribution in [3.05, 3.63) is 28.8 Å². The molecular weight excluding hydrogens is 280 g/mol. The molecule has 2 nitrogen and oxygen atoms in total. The van der Waals surface area contributed by atoms with Crippen LogP contribution in [0.15, 0.2) is 18.2 Å². The molecule has 1 N–H and O–H groups in total. The molecule has 1 aromatic rings. The van der Waals surface area contributed by atoms with Gasteiger partial charge in [-0.3, -0.25) is 0 Å². The Morgan fingerprint density at radius 1 is 1.29 bits per heavy atom. The van der Waals surface area contributed by atoms with Gasteiger partial charge in [-0.2, -0.15) is 0 Å². The van der Waals surface area contributed by atoms with E-state index in [1.165, 1.54) is 30.5 Å². The van der Waals surface area contributed by atoms with E-state index in [2.05, 4.69) is 50.0 Å². The lowest BCUT2D eigenvalue weighted by Gasteiger charge is -2.35. The molecule has 1 saturated carbocycles. The highest BCUT2D eigenvalue weighted by Gasteiger charge is 2.23. The van der Waals surface area contributed by atoms with Gasteiger partial charge in [0.05, 0.1) is 10.7 Å². The topological polar surface area (TPSA) is 15.3 Å². The zero-order chi connectivity index (χ0) is 15.5. The molecule has 0 heterocycles. The van der Waals surface area contributed by atoms with Crippen LogP contribution in [0, 0.1) is 5.92 Å². The van der Waals surface area contributed by atoms with Crippen molar-refractivity contribution >= 4 is 17.3 Å². The summed E-state index contributed by atoms with van der Waals surface area (Å²) < 4.78 is 0. The summed E-state index contributed by atoms with van der Waals surface area (Å²) in [5.41, 5.74) is 2.65. The highest BCUT2D eigenvalue weighted by Crippen LogP contribution is 2.34. The summed E-state index contributed by atoms with van der Waals surface area (Å²) in [5.74, 6) is 0.852. The van der Waals surface area contributed by atoms with E-state index in [-0.39, 0.29) is 5.54 Å². The molecule has 1 fully saturated rings. The fraction of sp³-hybridized carbons (Fsp3) is 0.667. The number of halogens is 1. The quantitative estimate of drug-likeness (QED) is 0.807. The molecule has 2 rings (SSSR count). The number of hydrogen-bond acceptors (Lipinski definition) is 2. The second-order valence-electron chi connectivity index (χ2n) is 7.19. The molecule has 21 heavy (non-hydrogen) atoms. The Labute approximate surface area is 134 Å². The molecule has 0 unspecified atom stereocenters. The monoisotopic (exact) mass is 308 g/mol. The van der Waals surface area contributed by atoms with Crippen LogP contribution in [0.25, 0.3) is 0 Å². The van der Waals surface area contributed by atoms with E-state index < -0.39 is 0 Å². The summed E-state index contributed by atoms with van der Waals surface area (Å²) >= 11 is 6.53. The van der Waals surface area contributed by atoms with Gasteiger partial charge in [0.1, 0.15) is 0 Å². The first kappa shape index (κ1) is 16.6. The van der Waals surface area contributed by atoms with Gasteiger partial charge in [-0.1, -0.05) is 30.2 Å². The zero-order valence-corrected chi connectivity index (χ0v) is 14.6. The maximum absolute atomic E-state index is 6.53. The lowest BCUT2D eigenvalue weighted by Crippen LogP contribution is -2.37. The minimum Gasteiger partial charge on any atom is -0.370 e. The molecule has 118 valence electrons. The molecule has 0 spiro atoms. The molecular formula is C18H29ClN2. The molecule has 0 bridgehead atoms. The van der Waals surface area contributed by atoms with Crippen LogP contribution in [0.3, 0.4) is 0 Å². The fourth-order valence-electron chi connectivity index (χ4n) is 2.78. The van der Waals surface area contributed by atoms with Gasteiger partial charge >= 0.3 is 0 Å². The Kier molecular flexibility index (Phi) is 5.56. The lowest BCUT2D eigenvalue weighted by molar-refractivity contribution is 0.318. The minimum atomic E-state index is 0.116. The zero-order valence-electron chi connectivity index (χ0n) is 13.9. The maximum atomic E-state index is 6.53. The largest absolute Gasteiger partial charge is 0.370 e. The highest BCUT2D eigenvalue weighted by atomic mass is 35.5. The number of nitrogens with zero attached hydrogens (tertiary/aromatic N) is 1. The number of para-hydroxylation sites is 1. The van der Waals surface area contributed by atoms with Gasteiger partial charge < -0.3 is 10.2 Å². The van der Waals surface area contributed by atoms with Crippen molar-refractivity contribution in [2.75, 3.05) is 18.0 Å². The molecule has 0 atom stereocenters. The second kappa shape index (κ2) is 7.02. The third-order valence-corrected chi connectivity index (χ3v) is 4.59. The Morgan fingerprint density at radius 2 is 2.00 bits per heavy atom. The van der Waals surface area contributed by atoms with E-state index in [4.69, 9.17) is 11.6 Å². The predicted molar refractivity (Wildman–Crippen MR) is 93.3 cm³/mol. The van der Waals surface area contributed by atoms with Gasteiger partial charge in [-0.15, -0.1) is 0 Å². The Bertz CT molecular complexity index is 461. The number of benzene rings is 1. The van der Waals surface area contributed by atoms with Crippen LogP contribution >= 0.6 is 11.6 Å². The summed E-state index contributed by atoms with van der Waals surface area (Å²) in [5, 5.41) is 4.46. The van der Waals surface area contributed by atoms with Crippen LogP contribution in [0.2, 0.25) is 5.02 Å². The number of hydrogen-bond donors (Lipinski definition) is 1. The second-order valence-corrected chi connectivity index (χ2v) is 7.59. The third-order valence-electron chi connectivity index (χ3n) is 4.28. The first-order valence-electron chi connectivity index (χ1n) is 8.18. The predicted octanol–water partition coefficient (Wildman–Crippen LogP) is 4.85. The SMILES string of the molecule is CCN(CC1CCC1)c1c(Cl)cccc1CNC(C)(C)C. The summed E-state index contributed by atoms with van der Waals surface area (Å²) in [4.78, 5) is 2.46. The summed E-state index contributed by atoms with van der Waals surface area (Å²) in [6.45, 7) is 11.8. The van der Waals surface area contributed by atoms with Gasteiger partial charge in [0, 0.05) is 25.2 Å². The van der Waals surface area contributed by atoms with Crippen molar-refractivity contribution < 1.29 is 0 Å². The van der Waals surface area contributed by atoms with Crippen LogP contribution in [-0.2, 0) is 6.54 Å². The van der Waals surface area contributed by atoms with Gasteiger partial charge in [0.25, 0.3) is 0 Å². The van der Waals surface area contributed by atoms with Crippen LogP contribution in [-0.4, -0.2) is 18.6 Å². The average Bonchev–Trinajstić information content (AvgIpc) is 2.36. The van der Waals surface area contributed by atoms with Crippen LogP contribution in [0.4, 0.5) is 5.69 Å². The molecule has 0 amide bonds. The standard InChI is InChI=1S/C18H29ClN2/c1-5-21(13-14-8-6-9-14)17-15(10-7-11-16(17)19)12-20-18(2,3)4/h7,10-11,14,20H,5-6,8-9,12-13H2,1-4H3. The number of anilines is 1. The normalized spacial score (nSPS) is 15.9. The molecule has 0 saturated heterocycles. The summed E-state index contributed by atoms with van der Waals surface area (Å²) in [7, 11) is 0. The van der Waals surface area contributed by atoms with Crippen molar-refractivity contribution in [1.82, 2.24) is 5.32 Å². The molecule has 0 aliphatic heterocycles. The van der Waals surface area contributed by atoms with Crippen molar-refractivity contribution in [1.29, 1.82) is 0 Å². The van der Waals surface area contributed by atoms with Crippen molar-refractivity contribution in [2.45, 2.75) is 59.0 Å². The highest BCUT2D eigenvalue weighted by molar-refractivity contribution is 6.33. The minimum absolute atomic E-state index is 0.116. The van der Waals surface area contributed by atoms with E-state index >= 15 is 0 Å². The van der Waals surface area contributed by atoms with Crippen LogP contribution in [0.1, 0.15) is 52.5 Å². The van der Waals surface area contributed by atoms with Gasteiger partial charge in [0.15, 0.2) is 0 Å². The van der Waals surface area contributed by atoms with Crippen molar-refractivity contribution in [2.24, 2.45) is 5.92 Å². The molecule has 1 aromatic carbocycles. The van der Waals surface area contributed by atoms with Crippen molar-refractivity contribution in [3.8, 4) is 0 Å². The van der Waals surface area contributed by atoms with Crippen molar-refractivity contribution in [3.63, 3.8) is 0 Å². The van der Waals surface area contributed by atoms with E-state index in [1.54, 1.807) is 0 Å². The first-order chi connectivity index (χ1) is 9.90. The van der Waals surface area contributed by atoms with Crippen LogP contribution < -0.4 is 10.2 Å². The van der Waals surface area contributed by atoms with Gasteiger partial charge in [-0.05, 0) is 58.1 Å². The van der Waals surface area contributed by atoms with Crippen LogP contribution in [0.5, 0.6) is 0 Å². The van der Waals surface area contributed by atoms with E-state index in [1.807, 2.05) is 6.07 Å². The average molecular weight is 309 g/mol. The van der Waals surface area contributed by atoms with E-state index in [9.17, 15) is 0 Å². The first-order valence-corrected chi connectivity index (χ1v) is 8.56. The Balaban J connectivity index is 2.18. The molecule has 0 radical (unpaired) electrons. The van der Waals surface area contributed by atoms with E-state index in [0.717, 1.165) is 30.6 Å². The maximum Gasteiger partial charge on any atom is 0.0642 e. The number of nitrogens with one attached hydrogen (secondary N) is 1. The smallest absolute Gasteiger partial charge is 0.0642 e. The lowest BCUT2D eigenvalue weighted by atomic mass is 9.85. The summed E-state index contributed by atoms with van der Waals surface area (Å²) in [6.07, 6.45) is 4.14. The van der Waals surface area contributed by atoms with Gasteiger partial charge in [0.2, 0.25) is 0 Å². The Hall–Kier alpha value is -0.730. The molecule has 1 aliphatic rings. The van der Waals surface area contributed by atoms with E-state index in [0.29, 0.717) is 0 Å².